The summed E-state index contributed by atoms with van der Waals surface area (Å²) in [7, 11) is 0. The summed E-state index contributed by atoms with van der Waals surface area (Å²) in [5, 5.41) is 10.7. The van der Waals surface area contributed by atoms with Crippen molar-refractivity contribution in [2.45, 2.75) is 6.54 Å². The van der Waals surface area contributed by atoms with Gasteiger partial charge in [0, 0.05) is 22.6 Å². The largest absolute Gasteiger partial charge is 0.329 e. The summed E-state index contributed by atoms with van der Waals surface area (Å²) < 4.78 is 0. The number of hydrogen-bond donors (Lipinski definition) is 4. The molecule has 6 amide bonds. The van der Waals surface area contributed by atoms with Crippen LogP contribution in [-0.4, -0.2) is 35.3 Å². The molecule has 3 aromatic carbocycles. The molecule has 166 valence electrons. The van der Waals surface area contributed by atoms with Crippen molar-refractivity contribution in [1.29, 1.82) is 0 Å². The van der Waals surface area contributed by atoms with Crippen molar-refractivity contribution in [3.63, 3.8) is 0 Å². The Bertz CT molecular complexity index is 1180. The van der Waals surface area contributed by atoms with E-state index in [0.717, 1.165) is 4.90 Å². The Morgan fingerprint density at radius 2 is 1.45 bits per heavy atom. The third-order valence-corrected chi connectivity index (χ3v) is 4.90. The molecule has 1 saturated heterocycles. The Hall–Kier alpha value is -4.66. The van der Waals surface area contributed by atoms with Crippen LogP contribution in [0.5, 0.6) is 0 Å². The summed E-state index contributed by atoms with van der Waals surface area (Å²) in [5.41, 5.74) is 2.86. The lowest BCUT2D eigenvalue weighted by Crippen LogP contribution is -2.30. The van der Waals surface area contributed by atoms with Crippen molar-refractivity contribution in [3.05, 3.63) is 90.0 Å². The Labute approximate surface area is 189 Å². The molecular weight excluding hydrogens is 422 g/mol. The van der Waals surface area contributed by atoms with Gasteiger partial charge < -0.3 is 21.3 Å². The standard InChI is InChI=1S/C24H21N5O4/c30-21-14-25-24(33)29(21)15-16-5-4-8-20(13-16)26-22(31)17-9-11-19(12-10-17)28-23(32)27-18-6-2-1-3-7-18/h1-13H,14-15H2,(H,25,33)(H,26,31)(H2,27,28,32). The van der Waals surface area contributed by atoms with Gasteiger partial charge >= 0.3 is 12.1 Å². The number of imide groups is 1. The van der Waals surface area contributed by atoms with Gasteiger partial charge in [0.05, 0.1) is 13.1 Å². The van der Waals surface area contributed by atoms with Crippen LogP contribution in [0.1, 0.15) is 15.9 Å². The SMILES string of the molecule is O=C(Nc1ccccc1)Nc1ccc(C(=O)Nc2cccc(CN3C(=O)CNC3=O)c2)cc1. The zero-order chi connectivity index (χ0) is 23.2. The molecule has 0 saturated carbocycles. The van der Waals surface area contributed by atoms with Crippen LogP contribution < -0.4 is 21.3 Å². The van der Waals surface area contributed by atoms with Crippen molar-refractivity contribution in [3.8, 4) is 0 Å². The second-order valence-electron chi connectivity index (χ2n) is 7.32. The molecule has 0 atom stereocenters. The highest BCUT2D eigenvalue weighted by Crippen LogP contribution is 2.17. The molecule has 3 aromatic rings. The second kappa shape index (κ2) is 9.65. The van der Waals surface area contributed by atoms with E-state index in [9.17, 15) is 19.2 Å². The quantitative estimate of drug-likeness (QED) is 0.435. The Morgan fingerprint density at radius 1 is 0.788 bits per heavy atom. The lowest BCUT2D eigenvalue weighted by molar-refractivity contribution is -0.125. The zero-order valence-electron chi connectivity index (χ0n) is 17.5. The maximum atomic E-state index is 12.6. The molecule has 0 unspecified atom stereocenters. The summed E-state index contributed by atoms with van der Waals surface area (Å²) in [6.07, 6.45) is 0. The van der Waals surface area contributed by atoms with Gasteiger partial charge in [0.25, 0.3) is 5.91 Å². The maximum Gasteiger partial charge on any atom is 0.324 e. The van der Waals surface area contributed by atoms with Crippen molar-refractivity contribution < 1.29 is 19.2 Å². The highest BCUT2D eigenvalue weighted by molar-refractivity contribution is 6.05. The molecule has 1 aliphatic heterocycles. The summed E-state index contributed by atoms with van der Waals surface area (Å²) in [5.74, 6) is -0.622. The van der Waals surface area contributed by atoms with Gasteiger partial charge in [-0.1, -0.05) is 30.3 Å². The van der Waals surface area contributed by atoms with E-state index in [0.29, 0.717) is 28.2 Å². The van der Waals surface area contributed by atoms with Crippen LogP contribution in [-0.2, 0) is 11.3 Å². The Morgan fingerprint density at radius 3 is 2.12 bits per heavy atom. The highest BCUT2D eigenvalue weighted by atomic mass is 16.2. The van der Waals surface area contributed by atoms with Crippen LogP contribution in [0.25, 0.3) is 0 Å². The van der Waals surface area contributed by atoms with E-state index in [1.807, 2.05) is 18.2 Å². The molecule has 0 radical (unpaired) electrons. The minimum absolute atomic E-state index is 0.00593. The van der Waals surface area contributed by atoms with Crippen LogP contribution in [0.3, 0.4) is 0 Å². The molecule has 0 aliphatic carbocycles. The van der Waals surface area contributed by atoms with Crippen LogP contribution in [0.15, 0.2) is 78.9 Å². The average molecular weight is 443 g/mol. The first-order chi connectivity index (χ1) is 16.0. The minimum Gasteiger partial charge on any atom is -0.329 e. The number of nitrogens with zero attached hydrogens (tertiary/aromatic N) is 1. The number of amides is 6. The summed E-state index contributed by atoms with van der Waals surface area (Å²) in [6, 6.07) is 21.6. The van der Waals surface area contributed by atoms with E-state index >= 15 is 0 Å². The van der Waals surface area contributed by atoms with Gasteiger partial charge in [-0.15, -0.1) is 0 Å². The number of para-hydroxylation sites is 1. The first-order valence-corrected chi connectivity index (χ1v) is 10.2. The number of carbonyl (C=O) groups is 4. The number of anilines is 3. The summed E-state index contributed by atoms with van der Waals surface area (Å²) in [6.45, 7) is 0.119. The molecule has 1 heterocycles. The van der Waals surface area contributed by atoms with Crippen molar-refractivity contribution >= 4 is 40.9 Å². The fourth-order valence-corrected chi connectivity index (χ4v) is 3.27. The van der Waals surface area contributed by atoms with Crippen LogP contribution in [0.2, 0.25) is 0 Å². The van der Waals surface area contributed by atoms with Gasteiger partial charge in [-0.25, -0.2) is 9.59 Å². The number of carbonyl (C=O) groups excluding carboxylic acids is 4. The van der Waals surface area contributed by atoms with Crippen LogP contribution in [0, 0.1) is 0 Å². The number of urea groups is 2. The molecule has 0 spiro atoms. The van der Waals surface area contributed by atoms with Crippen LogP contribution >= 0.6 is 0 Å². The molecule has 1 fully saturated rings. The van der Waals surface area contributed by atoms with Gasteiger partial charge in [-0.3, -0.25) is 14.5 Å². The van der Waals surface area contributed by atoms with Crippen molar-refractivity contribution in [2.24, 2.45) is 0 Å². The predicted molar refractivity (Wildman–Crippen MR) is 124 cm³/mol. The lowest BCUT2D eigenvalue weighted by atomic mass is 10.1. The molecular formula is C24H21N5O4. The third-order valence-electron chi connectivity index (χ3n) is 4.90. The highest BCUT2D eigenvalue weighted by Gasteiger charge is 2.28. The number of hydrogen-bond acceptors (Lipinski definition) is 4. The second-order valence-corrected chi connectivity index (χ2v) is 7.32. The first-order valence-electron chi connectivity index (χ1n) is 10.2. The molecule has 0 aromatic heterocycles. The van der Waals surface area contributed by atoms with Crippen LogP contribution in [0.4, 0.5) is 26.7 Å². The van der Waals surface area contributed by atoms with E-state index in [1.54, 1.807) is 60.7 Å². The van der Waals surface area contributed by atoms with Crippen molar-refractivity contribution in [2.75, 3.05) is 22.5 Å². The molecule has 1 aliphatic rings. The molecule has 0 bridgehead atoms. The van der Waals surface area contributed by atoms with Gasteiger partial charge in [-0.05, 0) is 54.1 Å². The Kier molecular flexibility index (Phi) is 6.31. The van der Waals surface area contributed by atoms with Gasteiger partial charge in [0.15, 0.2) is 0 Å². The topological polar surface area (TPSA) is 120 Å². The molecule has 4 N–H and O–H groups in total. The maximum absolute atomic E-state index is 12.6. The summed E-state index contributed by atoms with van der Waals surface area (Å²) in [4.78, 5) is 49.3. The normalized spacial score (nSPS) is 12.8. The van der Waals surface area contributed by atoms with Gasteiger partial charge in [-0.2, -0.15) is 0 Å². The fraction of sp³-hybridized carbons (Fsp3) is 0.0833. The lowest BCUT2D eigenvalue weighted by Gasteiger charge is -2.13. The molecule has 4 rings (SSSR count). The number of nitrogens with one attached hydrogen (secondary N) is 4. The van der Waals surface area contributed by atoms with Gasteiger partial charge in [0.2, 0.25) is 5.91 Å². The van der Waals surface area contributed by atoms with E-state index in [1.165, 1.54) is 0 Å². The first kappa shape index (κ1) is 21.6. The number of rotatable bonds is 6. The van der Waals surface area contributed by atoms with E-state index in [2.05, 4.69) is 21.3 Å². The predicted octanol–water partition coefficient (Wildman–Crippen LogP) is 3.63. The molecule has 9 nitrogen and oxygen atoms in total. The summed E-state index contributed by atoms with van der Waals surface area (Å²) >= 11 is 0. The van der Waals surface area contributed by atoms with E-state index in [-0.39, 0.29) is 30.9 Å². The van der Waals surface area contributed by atoms with Crippen molar-refractivity contribution in [1.82, 2.24) is 10.2 Å². The average Bonchev–Trinajstić information content (AvgIpc) is 3.12. The zero-order valence-corrected chi connectivity index (χ0v) is 17.5. The number of benzene rings is 3. The van der Waals surface area contributed by atoms with E-state index < -0.39 is 6.03 Å². The molecule has 33 heavy (non-hydrogen) atoms. The van der Waals surface area contributed by atoms with Gasteiger partial charge in [0.1, 0.15) is 0 Å². The fourth-order valence-electron chi connectivity index (χ4n) is 3.27. The smallest absolute Gasteiger partial charge is 0.324 e. The van der Waals surface area contributed by atoms with E-state index in [4.69, 9.17) is 0 Å². The third kappa shape index (κ3) is 5.53. The Balaban J connectivity index is 1.34. The monoisotopic (exact) mass is 443 g/mol. The minimum atomic E-state index is -0.430. The molecule has 9 heteroatoms.